The average molecular weight is 355 g/mol. The number of nitrogens with zero attached hydrogens (tertiary/aromatic N) is 3. The lowest BCUT2D eigenvalue weighted by Gasteiger charge is -2.43. The number of likely N-dealkylation sites (tertiary alicyclic amines) is 1. The van der Waals surface area contributed by atoms with Gasteiger partial charge >= 0.3 is 0 Å². The summed E-state index contributed by atoms with van der Waals surface area (Å²) < 4.78 is 7.75. The number of aryl methyl sites for hydroxylation is 1. The van der Waals surface area contributed by atoms with Crippen LogP contribution >= 0.6 is 0 Å². The van der Waals surface area contributed by atoms with E-state index in [0.29, 0.717) is 19.3 Å². The highest BCUT2D eigenvalue weighted by molar-refractivity contribution is 5.40. The third-order valence-electron chi connectivity index (χ3n) is 6.23. The predicted octanol–water partition coefficient (Wildman–Crippen LogP) is 2.93. The zero-order valence-corrected chi connectivity index (χ0v) is 15.8. The van der Waals surface area contributed by atoms with Crippen molar-refractivity contribution in [1.82, 2.24) is 14.5 Å². The third kappa shape index (κ3) is 3.43. The first kappa shape index (κ1) is 17.7. The fourth-order valence-corrected chi connectivity index (χ4v) is 4.53. The van der Waals surface area contributed by atoms with Gasteiger partial charge in [-0.05, 0) is 62.9 Å². The van der Waals surface area contributed by atoms with Crippen molar-refractivity contribution in [1.29, 1.82) is 0 Å². The SMILES string of the molecule is Cc1cc(-n2ccnc2)ccc1CN1CCCC1C1COCCC1(C)O. The lowest BCUT2D eigenvalue weighted by molar-refractivity contribution is -0.123. The fraction of sp³-hybridized carbons (Fsp3) is 0.571. The molecule has 0 saturated carbocycles. The summed E-state index contributed by atoms with van der Waals surface area (Å²) in [5, 5.41) is 10.9. The highest BCUT2D eigenvalue weighted by Gasteiger charge is 2.43. The number of aliphatic hydroxyl groups is 1. The van der Waals surface area contributed by atoms with E-state index in [9.17, 15) is 5.11 Å². The Morgan fingerprint density at radius 2 is 2.27 bits per heavy atom. The molecule has 0 aliphatic carbocycles. The van der Waals surface area contributed by atoms with Crippen LogP contribution in [0.3, 0.4) is 0 Å². The van der Waals surface area contributed by atoms with Crippen LogP contribution in [-0.4, -0.2) is 51.0 Å². The number of imidazole rings is 1. The minimum absolute atomic E-state index is 0.198. The van der Waals surface area contributed by atoms with Crippen molar-refractivity contribution >= 4 is 0 Å². The van der Waals surface area contributed by atoms with E-state index in [1.807, 2.05) is 24.0 Å². The van der Waals surface area contributed by atoms with Gasteiger partial charge in [0.25, 0.3) is 0 Å². The molecule has 0 radical (unpaired) electrons. The smallest absolute Gasteiger partial charge is 0.0991 e. The number of aromatic nitrogens is 2. The summed E-state index contributed by atoms with van der Waals surface area (Å²) in [4.78, 5) is 6.68. The number of hydrogen-bond acceptors (Lipinski definition) is 4. The van der Waals surface area contributed by atoms with E-state index in [1.165, 1.54) is 17.5 Å². The molecule has 3 unspecified atom stereocenters. The van der Waals surface area contributed by atoms with Gasteiger partial charge in [0.2, 0.25) is 0 Å². The van der Waals surface area contributed by atoms with Gasteiger partial charge in [-0.3, -0.25) is 4.90 Å². The van der Waals surface area contributed by atoms with E-state index in [0.717, 1.165) is 31.6 Å². The molecule has 3 heterocycles. The minimum Gasteiger partial charge on any atom is -0.390 e. The Morgan fingerprint density at radius 3 is 3.00 bits per heavy atom. The van der Waals surface area contributed by atoms with Crippen LogP contribution in [0.1, 0.15) is 37.3 Å². The maximum Gasteiger partial charge on any atom is 0.0991 e. The lowest BCUT2D eigenvalue weighted by atomic mass is 9.79. The molecule has 1 aromatic carbocycles. The van der Waals surface area contributed by atoms with Gasteiger partial charge in [-0.2, -0.15) is 0 Å². The second-order valence-electron chi connectivity index (χ2n) is 8.05. The molecule has 1 N–H and O–H groups in total. The normalized spacial score (nSPS) is 30.0. The minimum atomic E-state index is -0.619. The van der Waals surface area contributed by atoms with E-state index in [-0.39, 0.29) is 5.92 Å². The van der Waals surface area contributed by atoms with Gasteiger partial charge in [-0.15, -0.1) is 0 Å². The van der Waals surface area contributed by atoms with Crippen molar-refractivity contribution in [3.8, 4) is 5.69 Å². The summed E-state index contributed by atoms with van der Waals surface area (Å²) in [5.41, 5.74) is 3.18. The van der Waals surface area contributed by atoms with Crippen molar-refractivity contribution in [3.05, 3.63) is 48.0 Å². The second kappa shape index (κ2) is 7.14. The summed E-state index contributed by atoms with van der Waals surface area (Å²) in [5.74, 6) is 0.198. The number of ether oxygens (including phenoxy) is 1. The maximum atomic E-state index is 10.9. The third-order valence-corrected chi connectivity index (χ3v) is 6.23. The molecular weight excluding hydrogens is 326 g/mol. The molecule has 0 spiro atoms. The van der Waals surface area contributed by atoms with Crippen molar-refractivity contribution in [2.45, 2.75) is 51.3 Å². The van der Waals surface area contributed by atoms with Crippen molar-refractivity contribution in [3.63, 3.8) is 0 Å². The van der Waals surface area contributed by atoms with E-state index in [4.69, 9.17) is 4.74 Å². The molecule has 1 aromatic heterocycles. The highest BCUT2D eigenvalue weighted by atomic mass is 16.5. The molecule has 4 rings (SSSR count). The predicted molar refractivity (Wildman–Crippen MR) is 101 cm³/mol. The molecular formula is C21H29N3O2. The van der Waals surface area contributed by atoms with Crippen molar-refractivity contribution in [2.75, 3.05) is 19.8 Å². The quantitative estimate of drug-likeness (QED) is 0.916. The van der Waals surface area contributed by atoms with Gasteiger partial charge in [-0.1, -0.05) is 6.07 Å². The summed E-state index contributed by atoms with van der Waals surface area (Å²) in [6.45, 7) is 7.55. The van der Waals surface area contributed by atoms with E-state index < -0.39 is 5.60 Å². The molecule has 2 saturated heterocycles. The second-order valence-corrected chi connectivity index (χ2v) is 8.05. The van der Waals surface area contributed by atoms with Crippen LogP contribution in [0.4, 0.5) is 0 Å². The van der Waals surface area contributed by atoms with Crippen LogP contribution in [0, 0.1) is 12.8 Å². The molecule has 2 aliphatic rings. The van der Waals surface area contributed by atoms with Crippen LogP contribution in [0.15, 0.2) is 36.9 Å². The Balaban J connectivity index is 1.51. The molecule has 5 nitrogen and oxygen atoms in total. The first-order valence-electron chi connectivity index (χ1n) is 9.66. The molecule has 5 heteroatoms. The molecule has 140 valence electrons. The lowest BCUT2D eigenvalue weighted by Crippen LogP contribution is -2.52. The molecule has 2 aromatic rings. The number of rotatable bonds is 4. The largest absolute Gasteiger partial charge is 0.390 e. The Morgan fingerprint density at radius 1 is 1.38 bits per heavy atom. The zero-order chi connectivity index (χ0) is 18.1. The van der Waals surface area contributed by atoms with Crippen molar-refractivity contribution in [2.24, 2.45) is 5.92 Å². The molecule has 26 heavy (non-hydrogen) atoms. The summed E-state index contributed by atoms with van der Waals surface area (Å²) in [6, 6.07) is 7.02. The topological polar surface area (TPSA) is 50.5 Å². The first-order valence-corrected chi connectivity index (χ1v) is 9.66. The molecule has 3 atom stereocenters. The Kier molecular flexibility index (Phi) is 4.86. The molecule has 0 amide bonds. The monoisotopic (exact) mass is 355 g/mol. The standard InChI is InChI=1S/C21H29N3O2/c1-16-12-18(24-10-8-22-15-24)6-5-17(16)13-23-9-3-4-20(23)19-14-26-11-7-21(19,2)25/h5-6,8,10,12,15,19-20,25H,3-4,7,9,11,13-14H2,1-2H3. The van der Waals surface area contributed by atoms with Crippen LogP contribution in [0.5, 0.6) is 0 Å². The van der Waals surface area contributed by atoms with E-state index >= 15 is 0 Å². The van der Waals surface area contributed by atoms with Crippen molar-refractivity contribution < 1.29 is 9.84 Å². The van der Waals surface area contributed by atoms with Gasteiger partial charge in [0.15, 0.2) is 0 Å². The van der Waals surface area contributed by atoms with Crippen LogP contribution in [-0.2, 0) is 11.3 Å². The number of hydrogen-bond donors (Lipinski definition) is 1. The van der Waals surface area contributed by atoms with Crippen LogP contribution < -0.4 is 0 Å². The van der Waals surface area contributed by atoms with Gasteiger partial charge in [0.1, 0.15) is 0 Å². The fourth-order valence-electron chi connectivity index (χ4n) is 4.53. The molecule has 2 fully saturated rings. The summed E-state index contributed by atoms with van der Waals surface area (Å²) in [6.07, 6.45) is 8.68. The number of benzene rings is 1. The van der Waals surface area contributed by atoms with Gasteiger partial charge in [0.05, 0.1) is 18.5 Å². The highest BCUT2D eigenvalue weighted by Crippen LogP contribution is 2.36. The van der Waals surface area contributed by atoms with Crippen LogP contribution in [0.2, 0.25) is 0 Å². The Bertz CT molecular complexity index is 742. The maximum absolute atomic E-state index is 10.9. The summed E-state index contributed by atoms with van der Waals surface area (Å²) in [7, 11) is 0. The molecule has 0 bridgehead atoms. The molecule has 2 aliphatic heterocycles. The average Bonchev–Trinajstić information content (AvgIpc) is 3.28. The van der Waals surface area contributed by atoms with E-state index in [2.05, 4.69) is 35.0 Å². The van der Waals surface area contributed by atoms with Gasteiger partial charge in [-0.25, -0.2) is 4.98 Å². The first-order chi connectivity index (χ1) is 12.5. The van der Waals surface area contributed by atoms with Crippen LogP contribution in [0.25, 0.3) is 5.69 Å². The van der Waals surface area contributed by atoms with Gasteiger partial charge < -0.3 is 14.4 Å². The Hall–Kier alpha value is -1.69. The van der Waals surface area contributed by atoms with Gasteiger partial charge in [0, 0.05) is 43.2 Å². The zero-order valence-electron chi connectivity index (χ0n) is 15.8. The Labute approximate surface area is 155 Å². The van der Waals surface area contributed by atoms with E-state index in [1.54, 1.807) is 6.20 Å². The summed E-state index contributed by atoms with van der Waals surface area (Å²) >= 11 is 0.